The maximum Gasteiger partial charge on any atom is 0.309 e. The summed E-state index contributed by atoms with van der Waals surface area (Å²) in [6.07, 6.45) is 0. The minimum atomic E-state index is -3.71. The van der Waals surface area contributed by atoms with Gasteiger partial charge in [-0.25, -0.2) is 0 Å². The number of alkyl halides is 1. The molecule has 0 radical (unpaired) electrons. The van der Waals surface area contributed by atoms with E-state index in [0.29, 0.717) is 0 Å². The van der Waals surface area contributed by atoms with Crippen molar-refractivity contribution in [2.24, 2.45) is 0 Å². The summed E-state index contributed by atoms with van der Waals surface area (Å²) in [7, 11) is -2.51. The van der Waals surface area contributed by atoms with E-state index >= 15 is 0 Å². The van der Waals surface area contributed by atoms with E-state index in [-0.39, 0.29) is 16.6 Å². The first kappa shape index (κ1) is 16.9. The first-order valence-corrected chi connectivity index (χ1v) is 8.22. The third kappa shape index (κ3) is 2.94. The number of hydrogen-bond donors (Lipinski definition) is 1. The molecule has 6 nitrogen and oxygen atoms in total. The zero-order valence-corrected chi connectivity index (χ0v) is 13.3. The molecular formula is C12H13BrNO5P. The largest absolute Gasteiger partial charge is 0.374 e. The van der Waals surface area contributed by atoms with Crippen LogP contribution in [0.15, 0.2) is 24.3 Å². The molecule has 1 rings (SSSR count). The minimum Gasteiger partial charge on any atom is -0.374 e. The number of hydrogen-bond acceptors (Lipinski definition) is 5. The molecule has 0 bridgehead atoms. The summed E-state index contributed by atoms with van der Waals surface area (Å²) in [5, 5.41) is 19.3. The number of nitrogens with zero attached hydrogens (tertiary/aromatic N) is 1. The fourth-order valence-electron chi connectivity index (χ4n) is 1.61. The lowest BCUT2D eigenvalue weighted by Gasteiger charge is -2.30. The van der Waals surface area contributed by atoms with Crippen molar-refractivity contribution in [3.05, 3.63) is 39.9 Å². The Morgan fingerprint density at radius 1 is 1.50 bits per heavy atom. The van der Waals surface area contributed by atoms with E-state index in [9.17, 15) is 19.8 Å². The third-order valence-electron chi connectivity index (χ3n) is 2.73. The predicted octanol–water partition coefficient (Wildman–Crippen LogP) is 3.04. The zero-order valence-electron chi connectivity index (χ0n) is 10.9. The Morgan fingerprint density at radius 3 is 2.40 bits per heavy atom. The fourth-order valence-corrected chi connectivity index (χ4v) is 4.45. The van der Waals surface area contributed by atoms with Crippen LogP contribution >= 0.6 is 23.3 Å². The zero-order chi connectivity index (χ0) is 15.4. The molecule has 0 aliphatic rings. The first-order valence-electron chi connectivity index (χ1n) is 5.48. The maximum absolute atomic E-state index is 12.6. The number of nitro benzene ring substituents is 1. The average molecular weight is 362 g/mol. The monoisotopic (exact) mass is 361 g/mol. The summed E-state index contributed by atoms with van der Waals surface area (Å²) < 4.78 is 17.6. The topological polar surface area (TPSA) is 89.7 Å². The van der Waals surface area contributed by atoms with Crippen LogP contribution < -0.4 is 0 Å². The van der Waals surface area contributed by atoms with E-state index in [4.69, 9.17) is 4.52 Å². The van der Waals surface area contributed by atoms with E-state index in [1.54, 1.807) is 0 Å². The van der Waals surface area contributed by atoms with Crippen LogP contribution in [0.25, 0.3) is 0 Å². The van der Waals surface area contributed by atoms with Crippen LogP contribution in [0.5, 0.6) is 0 Å². The van der Waals surface area contributed by atoms with E-state index in [1.165, 1.54) is 38.3 Å². The van der Waals surface area contributed by atoms with Crippen LogP contribution in [-0.4, -0.2) is 22.5 Å². The summed E-state index contributed by atoms with van der Waals surface area (Å²) in [5.41, 5.74) is 2.51. The molecule has 0 saturated carbocycles. The van der Waals surface area contributed by atoms with E-state index < -0.39 is 17.6 Å². The highest BCUT2D eigenvalue weighted by molar-refractivity contribution is 9.09. The molecule has 1 aromatic carbocycles. The minimum absolute atomic E-state index is 0.0857. The van der Waals surface area contributed by atoms with Crippen LogP contribution in [0.1, 0.15) is 12.5 Å². The van der Waals surface area contributed by atoms with Crippen LogP contribution in [-0.2, 0) is 14.4 Å². The molecule has 0 fully saturated rings. The van der Waals surface area contributed by atoms with Crippen LogP contribution in [0.3, 0.4) is 0 Å². The second-order valence-corrected chi connectivity index (χ2v) is 6.84. The van der Waals surface area contributed by atoms with Crippen molar-refractivity contribution in [3.8, 4) is 11.6 Å². The molecular weight excluding hydrogens is 349 g/mol. The molecule has 0 aliphatic carbocycles. The number of benzene rings is 1. The molecule has 2 atom stereocenters. The van der Waals surface area contributed by atoms with Crippen molar-refractivity contribution in [1.82, 2.24) is 0 Å². The summed E-state index contributed by atoms with van der Waals surface area (Å²) in [4.78, 5) is 10.1. The van der Waals surface area contributed by atoms with Crippen molar-refractivity contribution in [3.63, 3.8) is 0 Å². The standard InChI is InChI=1S/C12H13BrNO5P/c1-3-8-20(18,19-2)12(15,9-13)10-4-6-11(7-5-10)14(16)17/h4-7,15H,9H2,1-2H3/t12-,20+/m1/s1. The smallest absolute Gasteiger partial charge is 0.309 e. The summed E-state index contributed by atoms with van der Waals surface area (Å²) in [6, 6.07) is 5.12. The Labute approximate surface area is 124 Å². The second kappa shape index (κ2) is 6.51. The van der Waals surface area contributed by atoms with Crippen molar-refractivity contribution >= 4 is 29.0 Å². The number of aliphatic hydroxyl groups is 1. The van der Waals surface area contributed by atoms with Gasteiger partial charge in [0.2, 0.25) is 0 Å². The number of non-ortho nitro benzene ring substituents is 1. The molecule has 0 aromatic heterocycles. The highest BCUT2D eigenvalue weighted by Crippen LogP contribution is 2.62. The summed E-state index contributed by atoms with van der Waals surface area (Å²) in [6.45, 7) is 1.48. The molecule has 108 valence electrons. The normalized spacial score (nSPS) is 16.4. The Bertz CT molecular complexity index is 607. The van der Waals surface area contributed by atoms with E-state index in [1.807, 2.05) is 0 Å². The van der Waals surface area contributed by atoms with Gasteiger partial charge in [0, 0.05) is 24.6 Å². The van der Waals surface area contributed by atoms with Crippen molar-refractivity contribution in [2.45, 2.75) is 12.3 Å². The first-order chi connectivity index (χ1) is 9.34. The van der Waals surface area contributed by atoms with Gasteiger partial charge in [-0.15, -0.1) is 0 Å². The maximum atomic E-state index is 12.6. The molecule has 8 heteroatoms. The molecule has 1 N–H and O–H groups in total. The number of rotatable bonds is 5. The lowest BCUT2D eigenvalue weighted by molar-refractivity contribution is -0.384. The van der Waals surface area contributed by atoms with Gasteiger partial charge in [0.1, 0.15) is 0 Å². The lowest BCUT2D eigenvalue weighted by Crippen LogP contribution is -2.28. The van der Waals surface area contributed by atoms with E-state index in [2.05, 4.69) is 27.5 Å². The van der Waals surface area contributed by atoms with Gasteiger partial charge >= 0.3 is 7.37 Å². The van der Waals surface area contributed by atoms with Gasteiger partial charge in [0.25, 0.3) is 5.69 Å². The van der Waals surface area contributed by atoms with Crippen LogP contribution in [0, 0.1) is 21.7 Å². The molecule has 0 spiro atoms. The van der Waals surface area contributed by atoms with Crippen LogP contribution in [0.4, 0.5) is 5.69 Å². The van der Waals surface area contributed by atoms with Gasteiger partial charge in [-0.3, -0.25) is 14.7 Å². The Hall–Kier alpha value is -1.19. The molecule has 0 amide bonds. The van der Waals surface area contributed by atoms with Crippen molar-refractivity contribution in [2.75, 3.05) is 12.4 Å². The third-order valence-corrected chi connectivity index (χ3v) is 6.40. The van der Waals surface area contributed by atoms with Gasteiger partial charge in [-0.2, -0.15) is 0 Å². The fraction of sp³-hybridized carbons (Fsp3) is 0.333. The molecule has 1 aromatic rings. The van der Waals surface area contributed by atoms with Crippen molar-refractivity contribution in [1.29, 1.82) is 0 Å². The Kier molecular flexibility index (Phi) is 5.49. The van der Waals surface area contributed by atoms with Crippen molar-refractivity contribution < 1.29 is 19.1 Å². The predicted molar refractivity (Wildman–Crippen MR) is 78.9 cm³/mol. The Balaban J connectivity index is 3.38. The SMILES string of the molecule is CC#C[P@](=O)(OC)[C@](O)(CBr)c1ccc([N+](=O)[O-])cc1. The lowest BCUT2D eigenvalue weighted by atomic mass is 10.1. The van der Waals surface area contributed by atoms with E-state index in [0.717, 1.165) is 0 Å². The van der Waals surface area contributed by atoms with Gasteiger partial charge in [0.05, 0.1) is 4.92 Å². The highest BCUT2D eigenvalue weighted by atomic mass is 79.9. The number of halogens is 1. The average Bonchev–Trinajstić information content (AvgIpc) is 2.46. The van der Waals surface area contributed by atoms with Crippen LogP contribution in [0.2, 0.25) is 0 Å². The summed E-state index contributed by atoms with van der Waals surface area (Å²) in [5.74, 6) is 2.47. The Morgan fingerprint density at radius 2 is 2.05 bits per heavy atom. The quantitative estimate of drug-likeness (QED) is 0.286. The molecule has 0 saturated heterocycles. The van der Waals surface area contributed by atoms with Gasteiger partial charge < -0.3 is 9.63 Å². The number of nitro groups is 1. The molecule has 0 unspecified atom stereocenters. The van der Waals surface area contributed by atoms with Gasteiger partial charge in [0.15, 0.2) is 5.34 Å². The van der Waals surface area contributed by atoms with Gasteiger partial charge in [-0.1, -0.05) is 21.9 Å². The highest BCUT2D eigenvalue weighted by Gasteiger charge is 2.47. The molecule has 20 heavy (non-hydrogen) atoms. The molecule has 0 heterocycles. The van der Waals surface area contributed by atoms with Gasteiger partial charge in [-0.05, 0) is 30.3 Å². The second-order valence-electron chi connectivity index (χ2n) is 3.85. The molecule has 0 aliphatic heterocycles. The summed E-state index contributed by atoms with van der Waals surface area (Å²) >= 11 is 3.10.